The third-order valence-corrected chi connectivity index (χ3v) is 3.43. The SMILES string of the molecule is CCCCCCCCCC(=O)N(CCCl)C(C)C. The van der Waals surface area contributed by atoms with Crippen LogP contribution in [0.4, 0.5) is 0 Å². The van der Waals surface area contributed by atoms with Crippen molar-refractivity contribution in [3.8, 4) is 0 Å². The van der Waals surface area contributed by atoms with Gasteiger partial charge in [0.05, 0.1) is 0 Å². The summed E-state index contributed by atoms with van der Waals surface area (Å²) in [6, 6.07) is 0.265. The minimum absolute atomic E-state index is 0.263. The Hall–Kier alpha value is -0.240. The van der Waals surface area contributed by atoms with E-state index in [0.29, 0.717) is 18.8 Å². The van der Waals surface area contributed by atoms with Crippen LogP contribution in [0, 0.1) is 0 Å². The van der Waals surface area contributed by atoms with E-state index in [9.17, 15) is 4.79 Å². The van der Waals surface area contributed by atoms with Gasteiger partial charge in [0.25, 0.3) is 0 Å². The van der Waals surface area contributed by atoms with Gasteiger partial charge in [0.15, 0.2) is 0 Å². The maximum Gasteiger partial charge on any atom is 0.222 e. The number of carbonyl (C=O) groups is 1. The van der Waals surface area contributed by atoms with Crippen LogP contribution in [-0.4, -0.2) is 29.3 Å². The third kappa shape index (κ3) is 8.79. The molecule has 0 atom stereocenters. The summed E-state index contributed by atoms with van der Waals surface area (Å²) in [4.78, 5) is 13.9. The molecule has 0 bridgehead atoms. The average Bonchev–Trinajstić information content (AvgIpc) is 2.34. The van der Waals surface area contributed by atoms with Crippen molar-refractivity contribution in [3.05, 3.63) is 0 Å². The minimum atomic E-state index is 0.263. The van der Waals surface area contributed by atoms with E-state index in [1.807, 2.05) is 4.90 Å². The fourth-order valence-corrected chi connectivity index (χ4v) is 2.32. The fraction of sp³-hybridized carbons (Fsp3) is 0.933. The summed E-state index contributed by atoms with van der Waals surface area (Å²) < 4.78 is 0. The molecule has 3 heteroatoms. The van der Waals surface area contributed by atoms with Crippen molar-refractivity contribution in [2.45, 2.75) is 78.2 Å². The summed E-state index contributed by atoms with van der Waals surface area (Å²) in [5.74, 6) is 0.792. The summed E-state index contributed by atoms with van der Waals surface area (Å²) in [6.07, 6.45) is 9.45. The van der Waals surface area contributed by atoms with Crippen molar-refractivity contribution in [1.29, 1.82) is 0 Å². The van der Waals surface area contributed by atoms with Crippen LogP contribution < -0.4 is 0 Å². The number of hydrogen-bond acceptors (Lipinski definition) is 1. The third-order valence-electron chi connectivity index (χ3n) is 3.26. The zero-order chi connectivity index (χ0) is 13.8. The molecule has 0 spiro atoms. The predicted octanol–water partition coefficient (Wildman–Crippen LogP) is 4.60. The van der Waals surface area contributed by atoms with Crippen LogP contribution in [-0.2, 0) is 4.79 Å². The molecule has 2 nitrogen and oxygen atoms in total. The summed E-state index contributed by atoms with van der Waals surface area (Å²) in [7, 11) is 0. The van der Waals surface area contributed by atoms with Crippen LogP contribution in [0.2, 0.25) is 0 Å². The van der Waals surface area contributed by atoms with Gasteiger partial charge in [0.1, 0.15) is 0 Å². The van der Waals surface area contributed by atoms with Crippen molar-refractivity contribution in [3.63, 3.8) is 0 Å². The summed E-state index contributed by atoms with van der Waals surface area (Å²) >= 11 is 5.72. The highest BCUT2D eigenvalue weighted by atomic mass is 35.5. The first-order chi connectivity index (χ1) is 8.63. The second-order valence-corrected chi connectivity index (χ2v) is 5.62. The minimum Gasteiger partial charge on any atom is -0.339 e. The molecule has 0 rings (SSSR count). The highest BCUT2D eigenvalue weighted by Crippen LogP contribution is 2.10. The van der Waals surface area contributed by atoms with Crippen molar-refractivity contribution in [2.75, 3.05) is 12.4 Å². The molecule has 18 heavy (non-hydrogen) atoms. The van der Waals surface area contributed by atoms with E-state index in [0.717, 1.165) is 6.42 Å². The molecule has 0 saturated heterocycles. The largest absolute Gasteiger partial charge is 0.339 e. The summed E-state index contributed by atoms with van der Waals surface area (Å²) in [5.41, 5.74) is 0. The quantitative estimate of drug-likeness (QED) is 0.398. The molecule has 0 radical (unpaired) electrons. The molecule has 0 aromatic rings. The maximum absolute atomic E-state index is 12.0. The normalized spacial score (nSPS) is 10.9. The number of unbranched alkanes of at least 4 members (excludes halogenated alkanes) is 6. The fourth-order valence-electron chi connectivity index (χ4n) is 2.14. The highest BCUT2D eigenvalue weighted by molar-refractivity contribution is 6.18. The molecular formula is C15H30ClNO. The Kier molecular flexibility index (Phi) is 11.7. The summed E-state index contributed by atoms with van der Waals surface area (Å²) in [5, 5.41) is 0. The van der Waals surface area contributed by atoms with Crippen LogP contribution in [0.1, 0.15) is 72.1 Å². The van der Waals surface area contributed by atoms with Gasteiger partial charge in [-0.1, -0.05) is 45.4 Å². The Bertz CT molecular complexity index is 207. The van der Waals surface area contributed by atoms with Gasteiger partial charge < -0.3 is 4.90 Å². The van der Waals surface area contributed by atoms with Gasteiger partial charge in [0.2, 0.25) is 5.91 Å². The van der Waals surface area contributed by atoms with Crippen molar-refractivity contribution < 1.29 is 4.79 Å². The van der Waals surface area contributed by atoms with Gasteiger partial charge in [-0.25, -0.2) is 0 Å². The molecule has 0 heterocycles. The number of carbonyl (C=O) groups excluding carboxylic acids is 1. The molecule has 0 unspecified atom stereocenters. The Morgan fingerprint density at radius 3 is 2.11 bits per heavy atom. The molecule has 0 saturated carbocycles. The highest BCUT2D eigenvalue weighted by Gasteiger charge is 2.15. The van der Waals surface area contributed by atoms with E-state index >= 15 is 0 Å². The van der Waals surface area contributed by atoms with Gasteiger partial charge in [-0.2, -0.15) is 0 Å². The first-order valence-electron chi connectivity index (χ1n) is 7.48. The zero-order valence-corrected chi connectivity index (χ0v) is 13.1. The predicted molar refractivity (Wildman–Crippen MR) is 80.2 cm³/mol. The Morgan fingerprint density at radius 2 is 1.61 bits per heavy atom. The van der Waals surface area contributed by atoms with Crippen LogP contribution in [0.25, 0.3) is 0 Å². The number of rotatable bonds is 11. The van der Waals surface area contributed by atoms with E-state index in [4.69, 9.17) is 11.6 Å². The van der Waals surface area contributed by atoms with Crippen LogP contribution in [0.15, 0.2) is 0 Å². The van der Waals surface area contributed by atoms with Gasteiger partial charge in [-0.05, 0) is 20.3 Å². The number of alkyl halides is 1. The number of amides is 1. The van der Waals surface area contributed by atoms with Crippen LogP contribution in [0.3, 0.4) is 0 Å². The summed E-state index contributed by atoms with van der Waals surface area (Å²) in [6.45, 7) is 7.01. The molecule has 0 aromatic carbocycles. The lowest BCUT2D eigenvalue weighted by Gasteiger charge is -2.25. The monoisotopic (exact) mass is 275 g/mol. The van der Waals surface area contributed by atoms with Crippen LogP contribution >= 0.6 is 11.6 Å². The lowest BCUT2D eigenvalue weighted by atomic mass is 10.1. The van der Waals surface area contributed by atoms with Crippen molar-refractivity contribution in [1.82, 2.24) is 4.90 Å². The molecule has 0 aliphatic rings. The van der Waals surface area contributed by atoms with Crippen molar-refractivity contribution >= 4 is 17.5 Å². The lowest BCUT2D eigenvalue weighted by molar-refractivity contribution is -0.132. The number of halogens is 1. The first kappa shape index (κ1) is 17.8. The van der Waals surface area contributed by atoms with E-state index in [2.05, 4.69) is 20.8 Å². The van der Waals surface area contributed by atoms with Gasteiger partial charge in [-0.15, -0.1) is 11.6 Å². The van der Waals surface area contributed by atoms with E-state index in [1.165, 1.54) is 38.5 Å². The Labute approximate surface area is 118 Å². The van der Waals surface area contributed by atoms with E-state index in [1.54, 1.807) is 0 Å². The molecule has 0 aliphatic heterocycles. The molecule has 0 aromatic heterocycles. The smallest absolute Gasteiger partial charge is 0.222 e. The lowest BCUT2D eigenvalue weighted by Crippen LogP contribution is -2.38. The standard InChI is InChI=1S/C15H30ClNO/c1-4-5-6-7-8-9-10-11-15(18)17(13-12-16)14(2)3/h14H,4-13H2,1-3H3. The van der Waals surface area contributed by atoms with E-state index in [-0.39, 0.29) is 11.9 Å². The molecule has 0 aliphatic carbocycles. The van der Waals surface area contributed by atoms with Gasteiger partial charge >= 0.3 is 0 Å². The Balaban J connectivity index is 3.61. The first-order valence-corrected chi connectivity index (χ1v) is 8.02. The zero-order valence-electron chi connectivity index (χ0n) is 12.4. The molecule has 0 fully saturated rings. The molecular weight excluding hydrogens is 246 g/mol. The van der Waals surface area contributed by atoms with Gasteiger partial charge in [-0.3, -0.25) is 4.79 Å². The maximum atomic E-state index is 12.0. The average molecular weight is 276 g/mol. The topological polar surface area (TPSA) is 20.3 Å². The Morgan fingerprint density at radius 1 is 1.06 bits per heavy atom. The molecule has 0 N–H and O–H groups in total. The second kappa shape index (κ2) is 11.8. The van der Waals surface area contributed by atoms with E-state index < -0.39 is 0 Å². The molecule has 1 amide bonds. The second-order valence-electron chi connectivity index (χ2n) is 5.24. The van der Waals surface area contributed by atoms with Crippen LogP contribution in [0.5, 0.6) is 0 Å². The number of hydrogen-bond donors (Lipinski definition) is 0. The molecule has 108 valence electrons. The van der Waals surface area contributed by atoms with Gasteiger partial charge in [0, 0.05) is 24.9 Å². The number of nitrogens with zero attached hydrogens (tertiary/aromatic N) is 1. The van der Waals surface area contributed by atoms with Crippen molar-refractivity contribution in [2.24, 2.45) is 0 Å².